The number of rotatable bonds is 1. The fourth-order valence-electron chi connectivity index (χ4n) is 1.03. The van der Waals surface area contributed by atoms with Crippen molar-refractivity contribution < 1.29 is 9.90 Å². The van der Waals surface area contributed by atoms with Gasteiger partial charge in [0.2, 0.25) is 0 Å². The molecule has 0 amide bonds. The summed E-state index contributed by atoms with van der Waals surface area (Å²) in [6, 6.07) is 0. The Labute approximate surface area is 79.4 Å². The molecule has 1 aromatic rings. The first-order chi connectivity index (χ1) is 5.95. The lowest BCUT2D eigenvalue weighted by Gasteiger charge is -2.05. The molecule has 0 bridgehead atoms. The molecule has 1 aromatic heterocycles. The second-order valence-electron chi connectivity index (χ2n) is 2.70. The Hall–Kier alpha value is -1.29. The Bertz CT molecular complexity index is 422. The first-order valence-corrected chi connectivity index (χ1v) is 3.92. The van der Waals surface area contributed by atoms with Crippen LogP contribution in [0.4, 0.5) is 0 Å². The van der Waals surface area contributed by atoms with Crippen molar-refractivity contribution >= 4 is 17.6 Å². The number of carbonyl (C=O) groups is 1. The maximum Gasteiger partial charge on any atom is 0.341 e. The average molecular weight is 202 g/mol. The molecule has 70 valence electrons. The van der Waals surface area contributed by atoms with E-state index in [-0.39, 0.29) is 10.6 Å². The van der Waals surface area contributed by atoms with Crippen molar-refractivity contribution in [2.45, 2.75) is 6.92 Å². The van der Waals surface area contributed by atoms with Gasteiger partial charge in [0.1, 0.15) is 5.56 Å². The van der Waals surface area contributed by atoms with Crippen LogP contribution in [0.15, 0.2) is 11.0 Å². The maximum absolute atomic E-state index is 11.3. The summed E-state index contributed by atoms with van der Waals surface area (Å²) in [5, 5.41) is 9.00. The van der Waals surface area contributed by atoms with Gasteiger partial charge in [-0.2, -0.15) is 0 Å². The highest BCUT2D eigenvalue weighted by Gasteiger charge is 2.15. The number of hydrogen-bond acceptors (Lipinski definition) is 2. The average Bonchev–Trinajstić information content (AvgIpc) is 2.01. The van der Waals surface area contributed by atoms with Crippen molar-refractivity contribution in [1.82, 2.24) is 4.57 Å². The third kappa shape index (κ3) is 1.58. The summed E-state index contributed by atoms with van der Waals surface area (Å²) in [6.07, 6.45) is 1.39. The van der Waals surface area contributed by atoms with Crippen LogP contribution < -0.4 is 5.56 Å². The summed E-state index contributed by atoms with van der Waals surface area (Å²) < 4.78 is 1.15. The first-order valence-electron chi connectivity index (χ1n) is 3.54. The van der Waals surface area contributed by atoms with Crippen LogP contribution in [0.1, 0.15) is 15.9 Å². The smallest absolute Gasteiger partial charge is 0.341 e. The van der Waals surface area contributed by atoms with Crippen LogP contribution in [0.5, 0.6) is 0 Å². The molecule has 0 unspecified atom stereocenters. The van der Waals surface area contributed by atoms with Crippen LogP contribution >= 0.6 is 11.6 Å². The molecule has 1 heterocycles. The number of nitrogens with zero attached hydrogens (tertiary/aromatic N) is 1. The fourth-order valence-corrected chi connectivity index (χ4v) is 1.27. The molecular formula is C8H8ClNO3. The van der Waals surface area contributed by atoms with Crippen LogP contribution in [0.2, 0.25) is 5.02 Å². The van der Waals surface area contributed by atoms with Gasteiger partial charge >= 0.3 is 5.97 Å². The van der Waals surface area contributed by atoms with E-state index in [4.69, 9.17) is 16.7 Å². The summed E-state index contributed by atoms with van der Waals surface area (Å²) in [4.78, 5) is 22.0. The Morgan fingerprint density at radius 2 is 2.15 bits per heavy atom. The minimum Gasteiger partial charge on any atom is -0.477 e. The highest BCUT2D eigenvalue weighted by molar-refractivity contribution is 6.31. The molecule has 13 heavy (non-hydrogen) atoms. The van der Waals surface area contributed by atoms with Crippen molar-refractivity contribution in [2.75, 3.05) is 0 Å². The predicted molar refractivity (Wildman–Crippen MR) is 48.4 cm³/mol. The number of pyridine rings is 1. The molecule has 0 aromatic carbocycles. The molecule has 5 heteroatoms. The molecule has 0 aliphatic heterocycles. The number of aryl methyl sites for hydroxylation is 1. The Morgan fingerprint density at radius 3 is 2.62 bits per heavy atom. The van der Waals surface area contributed by atoms with Gasteiger partial charge < -0.3 is 9.67 Å². The van der Waals surface area contributed by atoms with Gasteiger partial charge in [-0.3, -0.25) is 4.79 Å². The molecule has 4 nitrogen and oxygen atoms in total. The van der Waals surface area contributed by atoms with E-state index in [1.165, 1.54) is 20.2 Å². The third-order valence-corrected chi connectivity index (χ3v) is 2.17. The summed E-state index contributed by atoms with van der Waals surface area (Å²) in [5.74, 6) is -1.25. The number of carboxylic acids is 1. The van der Waals surface area contributed by atoms with Crippen molar-refractivity contribution in [3.05, 3.63) is 32.7 Å². The molecule has 0 fully saturated rings. The Morgan fingerprint density at radius 1 is 1.62 bits per heavy atom. The fraction of sp³-hybridized carbons (Fsp3) is 0.250. The SMILES string of the molecule is Cc1c(Cl)cn(C)c(=O)c1C(=O)O. The minimum atomic E-state index is -1.25. The molecule has 0 saturated heterocycles. The van der Waals surface area contributed by atoms with Crippen molar-refractivity contribution in [3.8, 4) is 0 Å². The standard InChI is InChI=1S/C8H8ClNO3/c1-4-5(9)3-10(2)7(11)6(4)8(12)13/h3H,1-2H3,(H,12,13). The van der Waals surface area contributed by atoms with E-state index in [0.717, 1.165) is 4.57 Å². The van der Waals surface area contributed by atoms with Crippen LogP contribution in [-0.4, -0.2) is 15.6 Å². The van der Waals surface area contributed by atoms with E-state index < -0.39 is 11.5 Å². The van der Waals surface area contributed by atoms with Gasteiger partial charge in [-0.05, 0) is 12.5 Å². The number of hydrogen-bond donors (Lipinski definition) is 1. The van der Waals surface area contributed by atoms with Crippen molar-refractivity contribution in [1.29, 1.82) is 0 Å². The van der Waals surface area contributed by atoms with Crippen LogP contribution in [0.25, 0.3) is 0 Å². The highest BCUT2D eigenvalue weighted by atomic mass is 35.5. The van der Waals surface area contributed by atoms with E-state index in [1.807, 2.05) is 0 Å². The molecular weight excluding hydrogens is 194 g/mol. The van der Waals surface area contributed by atoms with E-state index in [2.05, 4.69) is 0 Å². The van der Waals surface area contributed by atoms with Gasteiger partial charge in [0, 0.05) is 13.2 Å². The second-order valence-corrected chi connectivity index (χ2v) is 3.11. The summed E-state index contributed by atoms with van der Waals surface area (Å²) in [6.45, 7) is 1.51. The van der Waals surface area contributed by atoms with E-state index in [1.54, 1.807) is 0 Å². The van der Waals surface area contributed by atoms with Crippen LogP contribution in [-0.2, 0) is 7.05 Å². The number of aromatic nitrogens is 1. The molecule has 0 atom stereocenters. The number of aromatic carboxylic acids is 1. The topological polar surface area (TPSA) is 59.3 Å². The van der Waals surface area contributed by atoms with Gasteiger partial charge in [0.15, 0.2) is 0 Å². The summed E-state index contributed by atoms with van der Waals surface area (Å²) >= 11 is 5.71. The molecule has 1 rings (SSSR count). The van der Waals surface area contributed by atoms with E-state index in [0.29, 0.717) is 5.56 Å². The molecule has 0 radical (unpaired) electrons. The quantitative estimate of drug-likeness (QED) is 0.739. The van der Waals surface area contributed by atoms with E-state index >= 15 is 0 Å². The van der Waals surface area contributed by atoms with E-state index in [9.17, 15) is 9.59 Å². The molecule has 0 aliphatic carbocycles. The lowest BCUT2D eigenvalue weighted by atomic mass is 10.1. The van der Waals surface area contributed by atoms with Crippen LogP contribution in [0, 0.1) is 6.92 Å². The summed E-state index contributed by atoms with van der Waals surface area (Å²) in [7, 11) is 1.46. The van der Waals surface area contributed by atoms with Gasteiger partial charge in [0.05, 0.1) is 5.02 Å². The lowest BCUT2D eigenvalue weighted by molar-refractivity contribution is 0.0693. The molecule has 0 aliphatic rings. The normalized spacial score (nSPS) is 10.1. The van der Waals surface area contributed by atoms with Gasteiger partial charge in [-0.15, -0.1) is 0 Å². The van der Waals surface area contributed by atoms with Crippen molar-refractivity contribution in [2.24, 2.45) is 7.05 Å². The van der Waals surface area contributed by atoms with Gasteiger partial charge in [0.25, 0.3) is 5.56 Å². The Kier molecular flexibility index (Phi) is 2.43. The van der Waals surface area contributed by atoms with Gasteiger partial charge in [-0.1, -0.05) is 11.6 Å². The maximum atomic E-state index is 11.3. The monoisotopic (exact) mass is 201 g/mol. The molecule has 0 saturated carbocycles. The summed E-state index contributed by atoms with van der Waals surface area (Å²) in [5.41, 5.74) is -0.512. The highest BCUT2D eigenvalue weighted by Crippen LogP contribution is 2.15. The van der Waals surface area contributed by atoms with Gasteiger partial charge in [-0.25, -0.2) is 4.79 Å². The first kappa shape index (κ1) is 9.80. The second kappa shape index (κ2) is 3.22. The largest absolute Gasteiger partial charge is 0.477 e. The zero-order valence-electron chi connectivity index (χ0n) is 7.17. The predicted octanol–water partition coefficient (Wildman–Crippen LogP) is 1.05. The number of halogens is 1. The zero-order valence-corrected chi connectivity index (χ0v) is 7.92. The minimum absolute atomic E-state index is 0.269. The third-order valence-electron chi connectivity index (χ3n) is 1.79. The lowest BCUT2D eigenvalue weighted by Crippen LogP contribution is -2.25. The number of carboxylic acid groups (broad SMARTS) is 1. The van der Waals surface area contributed by atoms with Crippen LogP contribution in [0.3, 0.4) is 0 Å². The molecule has 0 spiro atoms. The zero-order chi connectivity index (χ0) is 10.2. The molecule has 1 N–H and O–H groups in total. The Balaban J connectivity index is 3.66. The van der Waals surface area contributed by atoms with Crippen molar-refractivity contribution in [3.63, 3.8) is 0 Å².